The van der Waals surface area contributed by atoms with Crippen LogP contribution in [0.3, 0.4) is 0 Å². The zero-order valence-electron chi connectivity index (χ0n) is 24.9. The monoisotopic (exact) mass is 550 g/mol. The summed E-state index contributed by atoms with van der Waals surface area (Å²) >= 11 is 2.03. The van der Waals surface area contributed by atoms with Gasteiger partial charge in [0.15, 0.2) is 17.2 Å². The quantitative estimate of drug-likeness (QED) is 0.150. The Morgan fingerprint density at radius 1 is 0.949 bits per heavy atom. The SMILES string of the molecule is Cc1cc(/C=C/C(=O)c2ccc(OCCSC3CCCCC3)cc2)cc(C)c1OC(C)(C)C(=O)CC(C)(C)C. The number of rotatable bonds is 12. The lowest BCUT2D eigenvalue weighted by atomic mass is 9.85. The molecule has 0 atom stereocenters. The van der Waals surface area contributed by atoms with Crippen molar-refractivity contribution in [3.63, 3.8) is 0 Å². The number of benzene rings is 2. The second kappa shape index (κ2) is 13.7. The lowest BCUT2D eigenvalue weighted by Crippen LogP contribution is -2.40. The second-order valence-corrected chi connectivity index (χ2v) is 13.9. The number of hydrogen-bond donors (Lipinski definition) is 0. The minimum absolute atomic E-state index is 0.0565. The maximum Gasteiger partial charge on any atom is 0.185 e. The highest BCUT2D eigenvalue weighted by Gasteiger charge is 2.33. The molecule has 0 bridgehead atoms. The van der Waals surface area contributed by atoms with E-state index in [1.54, 1.807) is 6.08 Å². The van der Waals surface area contributed by atoms with E-state index in [9.17, 15) is 9.59 Å². The summed E-state index contributed by atoms with van der Waals surface area (Å²) in [4.78, 5) is 25.6. The van der Waals surface area contributed by atoms with Crippen molar-refractivity contribution in [2.45, 2.75) is 97.8 Å². The van der Waals surface area contributed by atoms with E-state index in [0.29, 0.717) is 18.6 Å². The molecule has 0 radical (unpaired) electrons. The van der Waals surface area contributed by atoms with Crippen LogP contribution in [0, 0.1) is 19.3 Å². The Morgan fingerprint density at radius 2 is 1.56 bits per heavy atom. The third kappa shape index (κ3) is 9.86. The van der Waals surface area contributed by atoms with E-state index in [1.807, 2.05) is 81.9 Å². The highest BCUT2D eigenvalue weighted by molar-refractivity contribution is 7.99. The summed E-state index contributed by atoms with van der Waals surface area (Å²) in [5.41, 5.74) is 2.40. The van der Waals surface area contributed by atoms with Crippen LogP contribution in [0.1, 0.15) is 100 Å². The normalized spacial score (nSPS) is 14.9. The van der Waals surface area contributed by atoms with E-state index >= 15 is 0 Å². The fourth-order valence-corrected chi connectivity index (χ4v) is 6.02. The summed E-state index contributed by atoms with van der Waals surface area (Å²) in [6.45, 7) is 14.5. The first-order valence-electron chi connectivity index (χ1n) is 14.2. The van der Waals surface area contributed by atoms with Gasteiger partial charge in [0.25, 0.3) is 0 Å². The van der Waals surface area contributed by atoms with Gasteiger partial charge in [0.2, 0.25) is 0 Å². The molecule has 1 aliphatic rings. The van der Waals surface area contributed by atoms with Crippen molar-refractivity contribution in [3.05, 3.63) is 64.7 Å². The van der Waals surface area contributed by atoms with Gasteiger partial charge in [-0.3, -0.25) is 9.59 Å². The number of Topliss-reactive ketones (excluding diaryl/α,β-unsaturated/α-hetero) is 1. The molecule has 1 fully saturated rings. The number of aryl methyl sites for hydroxylation is 2. The number of ether oxygens (including phenoxy) is 2. The average Bonchev–Trinajstić information content (AvgIpc) is 2.87. The average molecular weight is 551 g/mol. The first kappa shape index (κ1) is 31.0. The maximum absolute atomic E-state index is 12.9. The Kier molecular flexibility index (Phi) is 10.9. The number of carbonyl (C=O) groups is 2. The summed E-state index contributed by atoms with van der Waals surface area (Å²) in [6, 6.07) is 11.4. The lowest BCUT2D eigenvalue weighted by molar-refractivity contribution is -0.133. The van der Waals surface area contributed by atoms with Gasteiger partial charge in [-0.2, -0.15) is 11.8 Å². The molecule has 3 rings (SSSR count). The fourth-order valence-electron chi connectivity index (χ4n) is 4.84. The van der Waals surface area contributed by atoms with Crippen LogP contribution in [0.2, 0.25) is 0 Å². The molecule has 0 unspecified atom stereocenters. The van der Waals surface area contributed by atoms with Crippen molar-refractivity contribution >= 4 is 29.4 Å². The molecular weight excluding hydrogens is 504 g/mol. The van der Waals surface area contributed by atoms with E-state index in [1.165, 1.54) is 32.1 Å². The molecule has 0 heterocycles. The summed E-state index contributed by atoms with van der Waals surface area (Å²) in [5, 5.41) is 0.792. The van der Waals surface area contributed by atoms with Crippen molar-refractivity contribution < 1.29 is 19.1 Å². The van der Waals surface area contributed by atoms with Crippen LogP contribution in [0.4, 0.5) is 0 Å². The molecule has 0 amide bonds. The molecule has 2 aromatic carbocycles. The smallest absolute Gasteiger partial charge is 0.185 e. The summed E-state index contributed by atoms with van der Waals surface area (Å²) in [5.74, 6) is 2.54. The van der Waals surface area contributed by atoms with Crippen LogP contribution in [-0.2, 0) is 4.79 Å². The molecule has 212 valence electrons. The summed E-state index contributed by atoms with van der Waals surface area (Å²) in [7, 11) is 0. The van der Waals surface area contributed by atoms with Crippen LogP contribution in [-0.4, -0.2) is 34.8 Å². The zero-order chi connectivity index (χ0) is 28.6. The second-order valence-electron chi connectivity index (χ2n) is 12.5. The van der Waals surface area contributed by atoms with Crippen molar-refractivity contribution in [2.75, 3.05) is 12.4 Å². The maximum atomic E-state index is 12.9. The van der Waals surface area contributed by atoms with Crippen molar-refractivity contribution in [2.24, 2.45) is 5.41 Å². The molecule has 0 spiro atoms. The van der Waals surface area contributed by atoms with Gasteiger partial charge in [0.1, 0.15) is 11.5 Å². The lowest BCUT2D eigenvalue weighted by Gasteiger charge is -2.30. The molecule has 0 aliphatic heterocycles. The van der Waals surface area contributed by atoms with E-state index in [4.69, 9.17) is 9.47 Å². The molecule has 39 heavy (non-hydrogen) atoms. The molecule has 0 aromatic heterocycles. The molecule has 0 saturated heterocycles. The van der Waals surface area contributed by atoms with Gasteiger partial charge in [-0.15, -0.1) is 0 Å². The van der Waals surface area contributed by atoms with Crippen molar-refractivity contribution in [1.82, 2.24) is 0 Å². The van der Waals surface area contributed by atoms with Gasteiger partial charge < -0.3 is 9.47 Å². The number of hydrogen-bond acceptors (Lipinski definition) is 5. The Bertz CT molecular complexity index is 1130. The van der Waals surface area contributed by atoms with E-state index in [0.717, 1.165) is 39.2 Å². The number of thioether (sulfide) groups is 1. The van der Waals surface area contributed by atoms with Crippen LogP contribution in [0.15, 0.2) is 42.5 Å². The first-order chi connectivity index (χ1) is 18.3. The Labute approximate surface area is 239 Å². The fraction of sp³-hybridized carbons (Fsp3) is 0.529. The molecular formula is C34H46O4S. The first-order valence-corrected chi connectivity index (χ1v) is 15.3. The molecule has 2 aromatic rings. The van der Waals surface area contributed by atoms with Gasteiger partial charge in [0, 0.05) is 23.0 Å². The summed E-state index contributed by atoms with van der Waals surface area (Å²) in [6.07, 6.45) is 10.7. The molecule has 5 heteroatoms. The predicted octanol–water partition coefficient (Wildman–Crippen LogP) is 8.81. The third-order valence-corrected chi connectivity index (χ3v) is 8.37. The summed E-state index contributed by atoms with van der Waals surface area (Å²) < 4.78 is 12.1. The Hall–Kier alpha value is -2.53. The highest BCUT2D eigenvalue weighted by Crippen LogP contribution is 2.32. The van der Waals surface area contributed by atoms with Crippen molar-refractivity contribution in [3.8, 4) is 11.5 Å². The molecule has 0 N–H and O–H groups in total. The molecule has 4 nitrogen and oxygen atoms in total. The van der Waals surface area contributed by atoms with Gasteiger partial charge in [-0.25, -0.2) is 0 Å². The third-order valence-electron chi connectivity index (χ3n) is 7.03. The van der Waals surface area contributed by atoms with E-state index in [-0.39, 0.29) is 17.0 Å². The largest absolute Gasteiger partial charge is 0.493 e. The number of ketones is 2. The van der Waals surface area contributed by atoms with Gasteiger partial charge in [-0.1, -0.05) is 46.1 Å². The van der Waals surface area contributed by atoms with Gasteiger partial charge in [0.05, 0.1) is 6.61 Å². The molecule has 1 saturated carbocycles. The van der Waals surface area contributed by atoms with Crippen LogP contribution < -0.4 is 9.47 Å². The van der Waals surface area contributed by atoms with Crippen LogP contribution in [0.5, 0.6) is 11.5 Å². The predicted molar refractivity (Wildman–Crippen MR) is 164 cm³/mol. The minimum Gasteiger partial charge on any atom is -0.493 e. The zero-order valence-corrected chi connectivity index (χ0v) is 25.7. The van der Waals surface area contributed by atoms with Gasteiger partial charge >= 0.3 is 0 Å². The van der Waals surface area contributed by atoms with E-state index < -0.39 is 5.60 Å². The Balaban J connectivity index is 1.55. The standard InChI is InChI=1S/C34H46O4S/c1-24-21-26(22-25(2)32(24)38-34(6,7)31(36)23-33(3,4)5)13-18-30(35)27-14-16-28(17-15-27)37-19-20-39-29-11-9-8-10-12-29/h13-18,21-22,29H,8-12,19-20,23H2,1-7H3/b18-13+. The van der Waals surface area contributed by atoms with Crippen molar-refractivity contribution in [1.29, 1.82) is 0 Å². The highest BCUT2D eigenvalue weighted by atomic mass is 32.2. The van der Waals surface area contributed by atoms with Gasteiger partial charge in [-0.05, 0) is 105 Å². The number of carbonyl (C=O) groups excluding carboxylic acids is 2. The van der Waals surface area contributed by atoms with Crippen LogP contribution >= 0.6 is 11.8 Å². The van der Waals surface area contributed by atoms with E-state index in [2.05, 4.69) is 20.8 Å². The number of allylic oxidation sites excluding steroid dienone is 1. The molecule has 1 aliphatic carbocycles. The Morgan fingerprint density at radius 3 is 2.15 bits per heavy atom. The minimum atomic E-state index is -0.916. The van der Waals surface area contributed by atoms with Crippen LogP contribution in [0.25, 0.3) is 6.08 Å². The topological polar surface area (TPSA) is 52.6 Å².